The van der Waals surface area contributed by atoms with Gasteiger partial charge in [-0.2, -0.15) is 0 Å². The summed E-state index contributed by atoms with van der Waals surface area (Å²) in [4.78, 5) is 4.59. The fraction of sp³-hybridized carbons (Fsp3) is 0.286. The normalized spacial score (nSPS) is 10.3. The Morgan fingerprint density at radius 3 is 2.42 bits per heavy atom. The molecule has 0 aliphatic carbocycles. The molecule has 1 heterocycles. The van der Waals surface area contributed by atoms with Crippen LogP contribution in [0, 0.1) is 6.92 Å². The first-order valence-corrected chi connectivity index (χ1v) is 8.65. The van der Waals surface area contributed by atoms with Crippen molar-refractivity contribution < 1.29 is 21.9 Å². The van der Waals surface area contributed by atoms with Crippen LogP contribution in [0.5, 0.6) is 11.5 Å². The van der Waals surface area contributed by atoms with E-state index in [2.05, 4.69) is 17.2 Å². The lowest BCUT2D eigenvalue weighted by molar-refractivity contribution is -0.00000605. The van der Waals surface area contributed by atoms with E-state index in [1.54, 1.807) is 7.11 Å². The molecule has 1 N–H and O–H groups in total. The molecule has 0 bridgehead atoms. The molecule has 0 aliphatic heterocycles. The zero-order valence-electron chi connectivity index (χ0n) is 15.4. The summed E-state index contributed by atoms with van der Waals surface area (Å²) >= 11 is 0. The predicted molar refractivity (Wildman–Crippen MR) is 103 cm³/mol. The average Bonchev–Trinajstić information content (AvgIpc) is 2.63. The highest BCUT2D eigenvalue weighted by Crippen LogP contribution is 2.30. The van der Waals surface area contributed by atoms with Crippen LogP contribution in [-0.2, 0) is 0 Å². The molecule has 0 fully saturated rings. The van der Waals surface area contributed by atoms with E-state index in [-0.39, 0.29) is 12.4 Å². The van der Waals surface area contributed by atoms with Gasteiger partial charge >= 0.3 is 0 Å². The zero-order chi connectivity index (χ0) is 17.6. The van der Waals surface area contributed by atoms with Crippen LogP contribution in [0.1, 0.15) is 25.5 Å². The Morgan fingerprint density at radius 2 is 1.73 bits per heavy atom. The van der Waals surface area contributed by atoms with Crippen LogP contribution in [0.2, 0.25) is 0 Å². The molecule has 0 saturated heterocycles. The number of nitrogens with one attached hydrogen (secondary N) is 1. The van der Waals surface area contributed by atoms with Crippen LogP contribution in [0.15, 0.2) is 48.5 Å². The number of benzene rings is 2. The SMILES string of the molecule is CCCCOc1ccc(Nc2cc(C)nc3ccc(OC)cc23)cc1.[Cl-]. The van der Waals surface area contributed by atoms with Gasteiger partial charge in [-0.15, -0.1) is 0 Å². The standard InChI is InChI=1S/C21H24N2O2.ClH/c1-4-5-12-25-17-8-6-16(7-9-17)23-21-13-15(2)22-20-11-10-18(24-3)14-19(20)21;/h6-11,13-14H,4-5,12H2,1-3H3,(H,22,23);1H/p-1. The fourth-order valence-electron chi connectivity index (χ4n) is 2.69. The Balaban J connectivity index is 0.00000243. The van der Waals surface area contributed by atoms with Crippen LogP contribution in [-0.4, -0.2) is 18.7 Å². The maximum atomic E-state index is 5.72. The van der Waals surface area contributed by atoms with E-state index in [1.165, 1.54) is 0 Å². The number of hydrogen-bond acceptors (Lipinski definition) is 4. The lowest BCUT2D eigenvalue weighted by atomic mass is 10.1. The summed E-state index contributed by atoms with van der Waals surface area (Å²) in [6, 6.07) is 16.0. The van der Waals surface area contributed by atoms with Crippen molar-refractivity contribution in [3.05, 3.63) is 54.2 Å². The first-order chi connectivity index (χ1) is 12.2. The summed E-state index contributed by atoms with van der Waals surface area (Å²) in [6.45, 7) is 4.92. The number of aryl methyl sites for hydroxylation is 1. The second kappa shape index (κ2) is 9.30. The molecule has 0 spiro atoms. The summed E-state index contributed by atoms with van der Waals surface area (Å²) in [5.41, 5.74) is 3.95. The molecule has 0 radical (unpaired) electrons. The van der Waals surface area contributed by atoms with Gasteiger partial charge in [0.25, 0.3) is 0 Å². The van der Waals surface area contributed by atoms with Gasteiger partial charge in [0.05, 0.1) is 19.2 Å². The van der Waals surface area contributed by atoms with Gasteiger partial charge < -0.3 is 27.2 Å². The molecular weight excluding hydrogens is 348 g/mol. The third kappa shape index (κ3) is 4.79. The van der Waals surface area contributed by atoms with Crippen LogP contribution < -0.4 is 27.2 Å². The van der Waals surface area contributed by atoms with Crippen LogP contribution in [0.4, 0.5) is 11.4 Å². The van der Waals surface area contributed by atoms with Crippen molar-refractivity contribution in [2.45, 2.75) is 26.7 Å². The Bertz CT molecular complexity index is 851. The first-order valence-electron chi connectivity index (χ1n) is 8.65. The molecule has 0 amide bonds. The third-order valence-corrected chi connectivity index (χ3v) is 4.04. The first kappa shape index (κ1) is 19.9. The molecule has 4 nitrogen and oxygen atoms in total. The van der Waals surface area contributed by atoms with E-state index < -0.39 is 0 Å². The number of unbranched alkanes of at least 4 members (excludes halogenated alkanes) is 1. The van der Waals surface area contributed by atoms with Gasteiger partial charge in [-0.3, -0.25) is 4.98 Å². The van der Waals surface area contributed by atoms with E-state index in [1.807, 2.05) is 55.5 Å². The van der Waals surface area contributed by atoms with Gasteiger partial charge in [-0.1, -0.05) is 13.3 Å². The van der Waals surface area contributed by atoms with Crippen molar-refractivity contribution >= 4 is 22.3 Å². The van der Waals surface area contributed by atoms with Gasteiger partial charge in [-0.05, 0) is 61.9 Å². The maximum absolute atomic E-state index is 5.72. The molecule has 3 aromatic rings. The summed E-state index contributed by atoms with van der Waals surface area (Å²) in [5, 5.41) is 4.52. The molecule has 0 unspecified atom stereocenters. The number of hydrogen-bond donors (Lipinski definition) is 1. The van der Waals surface area contributed by atoms with E-state index >= 15 is 0 Å². The topological polar surface area (TPSA) is 43.4 Å². The van der Waals surface area contributed by atoms with E-state index in [0.717, 1.165) is 58.9 Å². The van der Waals surface area contributed by atoms with Crippen molar-refractivity contribution in [2.24, 2.45) is 0 Å². The quantitative estimate of drug-likeness (QED) is 0.648. The molecule has 138 valence electrons. The highest BCUT2D eigenvalue weighted by atomic mass is 35.5. The Labute approximate surface area is 161 Å². The van der Waals surface area contributed by atoms with E-state index in [9.17, 15) is 0 Å². The van der Waals surface area contributed by atoms with Gasteiger partial charge in [0.1, 0.15) is 11.5 Å². The van der Waals surface area contributed by atoms with Gasteiger partial charge in [0.15, 0.2) is 0 Å². The number of halogens is 1. The summed E-state index contributed by atoms with van der Waals surface area (Å²) in [5.74, 6) is 1.72. The molecule has 3 rings (SSSR count). The molecule has 1 aromatic heterocycles. The second-order valence-corrected chi connectivity index (χ2v) is 6.05. The largest absolute Gasteiger partial charge is 1.00 e. The van der Waals surface area contributed by atoms with Crippen LogP contribution in [0.25, 0.3) is 10.9 Å². The average molecular weight is 372 g/mol. The number of methoxy groups -OCH3 is 1. The molecule has 2 aromatic carbocycles. The van der Waals surface area contributed by atoms with Crippen LogP contribution >= 0.6 is 0 Å². The van der Waals surface area contributed by atoms with E-state index in [0.29, 0.717) is 0 Å². The smallest absolute Gasteiger partial charge is 0.119 e. The zero-order valence-corrected chi connectivity index (χ0v) is 16.1. The summed E-state index contributed by atoms with van der Waals surface area (Å²) in [7, 11) is 1.67. The van der Waals surface area contributed by atoms with Crippen LogP contribution in [0.3, 0.4) is 0 Å². The van der Waals surface area contributed by atoms with Crippen molar-refractivity contribution in [1.82, 2.24) is 4.98 Å². The number of nitrogens with zero attached hydrogens (tertiary/aromatic N) is 1. The highest BCUT2D eigenvalue weighted by molar-refractivity contribution is 5.94. The minimum atomic E-state index is 0. The van der Waals surface area contributed by atoms with Crippen molar-refractivity contribution in [3.8, 4) is 11.5 Å². The molecule has 0 saturated carbocycles. The molecule has 0 atom stereocenters. The summed E-state index contributed by atoms with van der Waals surface area (Å²) < 4.78 is 11.1. The van der Waals surface area contributed by atoms with Gasteiger partial charge in [0.2, 0.25) is 0 Å². The number of pyridine rings is 1. The Morgan fingerprint density at radius 1 is 1.00 bits per heavy atom. The van der Waals surface area contributed by atoms with Gasteiger partial charge in [-0.25, -0.2) is 0 Å². The number of fused-ring (bicyclic) bond motifs is 1. The lowest BCUT2D eigenvalue weighted by Gasteiger charge is -2.12. The second-order valence-electron chi connectivity index (χ2n) is 6.05. The minimum absolute atomic E-state index is 0. The molecule has 0 aliphatic rings. The number of rotatable bonds is 7. The fourth-order valence-corrected chi connectivity index (χ4v) is 2.69. The number of ether oxygens (including phenoxy) is 2. The van der Waals surface area contributed by atoms with Gasteiger partial charge in [0, 0.05) is 22.5 Å². The van der Waals surface area contributed by atoms with Crippen molar-refractivity contribution in [1.29, 1.82) is 0 Å². The molecule has 5 heteroatoms. The molecular formula is C21H24ClN2O2-. The summed E-state index contributed by atoms with van der Waals surface area (Å²) in [6.07, 6.45) is 2.21. The molecule has 26 heavy (non-hydrogen) atoms. The minimum Gasteiger partial charge on any atom is -1.00 e. The maximum Gasteiger partial charge on any atom is 0.119 e. The Kier molecular flexibility index (Phi) is 7.10. The predicted octanol–water partition coefficient (Wildman–Crippen LogP) is 2.48. The van der Waals surface area contributed by atoms with E-state index in [4.69, 9.17) is 9.47 Å². The van der Waals surface area contributed by atoms with Crippen molar-refractivity contribution in [2.75, 3.05) is 19.0 Å². The Hall–Kier alpha value is -2.46. The number of anilines is 2. The van der Waals surface area contributed by atoms with Crippen molar-refractivity contribution in [3.63, 3.8) is 0 Å². The third-order valence-electron chi connectivity index (χ3n) is 4.04. The highest BCUT2D eigenvalue weighted by Gasteiger charge is 2.06. The lowest BCUT2D eigenvalue weighted by Crippen LogP contribution is -3.00. The monoisotopic (exact) mass is 371 g/mol. The number of aromatic nitrogens is 1.